The van der Waals surface area contributed by atoms with Crippen LogP contribution in [0.4, 0.5) is 5.69 Å². The van der Waals surface area contributed by atoms with Gasteiger partial charge in [-0.1, -0.05) is 54.6 Å². The zero-order valence-electron chi connectivity index (χ0n) is 17.0. The smallest absolute Gasteiger partial charge is 0.276 e. The Hall–Kier alpha value is -3.86. The van der Waals surface area contributed by atoms with Gasteiger partial charge in [0, 0.05) is 11.9 Å². The molecule has 0 saturated heterocycles. The number of amides is 1. The quantitative estimate of drug-likeness (QED) is 0.470. The van der Waals surface area contributed by atoms with Gasteiger partial charge in [-0.3, -0.25) is 4.79 Å². The molecule has 1 heterocycles. The highest BCUT2D eigenvalue weighted by Gasteiger charge is 2.12. The van der Waals surface area contributed by atoms with Crippen LogP contribution in [0.15, 0.2) is 85.1 Å². The number of nitrogens with zero attached hydrogens (tertiary/aromatic N) is 2. The molecule has 0 aliphatic carbocycles. The molecule has 0 bridgehead atoms. The molecule has 4 aromatic rings. The van der Waals surface area contributed by atoms with E-state index in [1.165, 1.54) is 0 Å². The Morgan fingerprint density at radius 2 is 1.63 bits per heavy atom. The summed E-state index contributed by atoms with van der Waals surface area (Å²) < 4.78 is 7.40. The lowest BCUT2D eigenvalue weighted by atomic mass is 10.1. The van der Waals surface area contributed by atoms with Crippen LogP contribution in [0.1, 0.15) is 21.6 Å². The molecule has 3 aromatic carbocycles. The first-order chi connectivity index (χ1) is 14.6. The number of hydrogen-bond acceptors (Lipinski definition) is 3. The van der Waals surface area contributed by atoms with Crippen LogP contribution in [-0.4, -0.2) is 15.7 Å². The second kappa shape index (κ2) is 8.66. The lowest BCUT2D eigenvalue weighted by Crippen LogP contribution is -2.15. The number of hydrogen-bond donors (Lipinski definition) is 1. The number of aryl methyl sites for hydroxylation is 1. The van der Waals surface area contributed by atoms with Crippen LogP contribution < -0.4 is 10.1 Å². The third kappa shape index (κ3) is 4.41. The molecule has 0 fully saturated rings. The Kier molecular flexibility index (Phi) is 5.61. The Labute approximate surface area is 175 Å². The van der Waals surface area contributed by atoms with Crippen molar-refractivity contribution in [1.82, 2.24) is 9.78 Å². The Morgan fingerprint density at radius 1 is 0.900 bits per heavy atom. The van der Waals surface area contributed by atoms with Gasteiger partial charge in [0.25, 0.3) is 5.91 Å². The highest BCUT2D eigenvalue weighted by molar-refractivity contribution is 6.03. The van der Waals surface area contributed by atoms with Crippen LogP contribution >= 0.6 is 0 Å². The van der Waals surface area contributed by atoms with Crippen LogP contribution in [0.25, 0.3) is 11.1 Å². The van der Waals surface area contributed by atoms with Gasteiger partial charge in [-0.05, 0) is 60.4 Å². The van der Waals surface area contributed by atoms with Crippen LogP contribution in [-0.2, 0) is 6.73 Å². The minimum Gasteiger partial charge on any atom is -0.471 e. The molecular formula is C25H23N3O2. The monoisotopic (exact) mass is 397 g/mol. The third-order valence-electron chi connectivity index (χ3n) is 5.05. The Balaban J connectivity index is 1.36. The minimum atomic E-state index is -0.241. The average molecular weight is 397 g/mol. The van der Waals surface area contributed by atoms with E-state index in [2.05, 4.69) is 22.5 Å². The molecule has 0 unspecified atom stereocenters. The molecule has 0 atom stereocenters. The van der Waals surface area contributed by atoms with E-state index in [1.54, 1.807) is 16.9 Å². The van der Waals surface area contributed by atoms with Crippen LogP contribution in [0.5, 0.6) is 5.75 Å². The maximum Gasteiger partial charge on any atom is 0.276 e. The molecule has 0 aliphatic heterocycles. The molecule has 30 heavy (non-hydrogen) atoms. The van der Waals surface area contributed by atoms with Gasteiger partial charge in [-0.25, -0.2) is 4.68 Å². The summed E-state index contributed by atoms with van der Waals surface area (Å²) in [6.45, 7) is 4.23. The maximum atomic E-state index is 12.5. The first-order valence-electron chi connectivity index (χ1n) is 9.79. The van der Waals surface area contributed by atoms with Crippen molar-refractivity contribution in [3.8, 4) is 16.9 Å². The topological polar surface area (TPSA) is 56.2 Å². The molecule has 0 aliphatic rings. The van der Waals surface area contributed by atoms with E-state index >= 15 is 0 Å². The first-order valence-corrected chi connectivity index (χ1v) is 9.79. The van der Waals surface area contributed by atoms with E-state index in [0.717, 1.165) is 33.7 Å². The SMILES string of the molecule is Cc1cccc(NC(=O)c2ccn(COc3ccc(-c4ccccc4)cc3)n2)c1C. The zero-order chi connectivity index (χ0) is 20.9. The van der Waals surface area contributed by atoms with Gasteiger partial charge in [0.1, 0.15) is 5.75 Å². The molecule has 4 rings (SSSR count). The van der Waals surface area contributed by atoms with Crippen molar-refractivity contribution >= 4 is 11.6 Å². The van der Waals surface area contributed by atoms with Gasteiger partial charge >= 0.3 is 0 Å². The summed E-state index contributed by atoms with van der Waals surface area (Å²) in [6.07, 6.45) is 1.73. The molecule has 0 radical (unpaired) electrons. The zero-order valence-corrected chi connectivity index (χ0v) is 17.0. The molecule has 5 nitrogen and oxygen atoms in total. The van der Waals surface area contributed by atoms with Gasteiger partial charge < -0.3 is 10.1 Å². The molecule has 1 aromatic heterocycles. The largest absolute Gasteiger partial charge is 0.471 e. The maximum absolute atomic E-state index is 12.5. The fourth-order valence-electron chi connectivity index (χ4n) is 3.14. The first kappa shape index (κ1) is 19.5. The summed E-state index contributed by atoms with van der Waals surface area (Å²) in [5.41, 5.74) is 5.61. The molecule has 5 heteroatoms. The van der Waals surface area contributed by atoms with Crippen molar-refractivity contribution in [3.63, 3.8) is 0 Å². The predicted octanol–water partition coefficient (Wildman–Crippen LogP) is 5.46. The second-order valence-electron chi connectivity index (χ2n) is 7.11. The normalized spacial score (nSPS) is 10.6. The summed E-state index contributed by atoms with van der Waals surface area (Å²) in [7, 11) is 0. The Morgan fingerprint density at radius 3 is 2.40 bits per heavy atom. The highest BCUT2D eigenvalue weighted by atomic mass is 16.5. The summed E-state index contributed by atoms with van der Waals surface area (Å²) in [4.78, 5) is 12.5. The van der Waals surface area contributed by atoms with Gasteiger partial charge in [0.2, 0.25) is 0 Å². The minimum absolute atomic E-state index is 0.224. The summed E-state index contributed by atoms with van der Waals surface area (Å²) >= 11 is 0. The Bertz CT molecular complexity index is 1150. The van der Waals surface area contributed by atoms with E-state index in [0.29, 0.717) is 5.69 Å². The standard InChI is InChI=1S/C25H23N3O2/c1-18-7-6-10-23(19(18)2)26-25(29)24-15-16-28(27-24)17-30-22-13-11-21(12-14-22)20-8-4-3-5-9-20/h3-16H,17H2,1-2H3,(H,26,29). The lowest BCUT2D eigenvalue weighted by molar-refractivity contribution is 0.102. The number of nitrogens with one attached hydrogen (secondary N) is 1. The molecule has 1 N–H and O–H groups in total. The van der Waals surface area contributed by atoms with Crippen molar-refractivity contribution in [1.29, 1.82) is 0 Å². The fraction of sp³-hybridized carbons (Fsp3) is 0.120. The van der Waals surface area contributed by atoms with E-state index < -0.39 is 0 Å². The number of benzene rings is 3. The van der Waals surface area contributed by atoms with Crippen molar-refractivity contribution in [2.75, 3.05) is 5.32 Å². The summed E-state index contributed by atoms with van der Waals surface area (Å²) in [5.74, 6) is 0.501. The summed E-state index contributed by atoms with van der Waals surface area (Å²) in [5, 5.41) is 7.24. The van der Waals surface area contributed by atoms with Crippen molar-refractivity contribution in [3.05, 3.63) is 102 Å². The number of aromatic nitrogens is 2. The molecule has 0 saturated carbocycles. The number of carbonyl (C=O) groups excluding carboxylic acids is 1. The lowest BCUT2D eigenvalue weighted by Gasteiger charge is -2.09. The second-order valence-corrected chi connectivity index (χ2v) is 7.11. The summed E-state index contributed by atoms with van der Waals surface area (Å²) in [6, 6.07) is 25.6. The van der Waals surface area contributed by atoms with Crippen LogP contribution in [0.2, 0.25) is 0 Å². The van der Waals surface area contributed by atoms with E-state index in [-0.39, 0.29) is 12.6 Å². The van der Waals surface area contributed by atoms with Gasteiger partial charge in [0.05, 0.1) is 0 Å². The average Bonchev–Trinajstić information content (AvgIpc) is 3.26. The fourth-order valence-corrected chi connectivity index (χ4v) is 3.14. The number of rotatable bonds is 6. The van der Waals surface area contributed by atoms with Crippen LogP contribution in [0, 0.1) is 13.8 Å². The highest BCUT2D eigenvalue weighted by Crippen LogP contribution is 2.22. The number of carbonyl (C=O) groups is 1. The molecule has 150 valence electrons. The van der Waals surface area contributed by atoms with Gasteiger partial charge in [0.15, 0.2) is 12.4 Å². The van der Waals surface area contributed by atoms with Gasteiger partial charge in [-0.2, -0.15) is 5.10 Å². The molecule has 0 spiro atoms. The number of anilines is 1. The third-order valence-corrected chi connectivity index (χ3v) is 5.05. The number of ether oxygens (including phenoxy) is 1. The van der Waals surface area contributed by atoms with Crippen LogP contribution in [0.3, 0.4) is 0 Å². The van der Waals surface area contributed by atoms with E-state index in [1.807, 2.05) is 74.5 Å². The van der Waals surface area contributed by atoms with E-state index in [4.69, 9.17) is 4.74 Å². The predicted molar refractivity (Wildman–Crippen MR) is 119 cm³/mol. The van der Waals surface area contributed by atoms with Crippen molar-refractivity contribution < 1.29 is 9.53 Å². The molecular weight excluding hydrogens is 374 g/mol. The van der Waals surface area contributed by atoms with E-state index in [9.17, 15) is 4.79 Å². The van der Waals surface area contributed by atoms with Crippen molar-refractivity contribution in [2.24, 2.45) is 0 Å². The van der Waals surface area contributed by atoms with Gasteiger partial charge in [-0.15, -0.1) is 0 Å². The van der Waals surface area contributed by atoms with Crippen molar-refractivity contribution in [2.45, 2.75) is 20.6 Å². The molecule has 1 amide bonds.